The summed E-state index contributed by atoms with van der Waals surface area (Å²) in [5.41, 5.74) is 4.65. The molecule has 5 rings (SSSR count). The normalized spacial score (nSPS) is 17.9. The summed E-state index contributed by atoms with van der Waals surface area (Å²) in [6.07, 6.45) is 3.23. The number of likely N-dealkylation sites (tertiary alicyclic amines) is 1. The number of aromatic nitrogens is 3. The third kappa shape index (κ3) is 5.16. The molecule has 2 aromatic carbocycles. The van der Waals surface area contributed by atoms with Crippen LogP contribution in [0.3, 0.4) is 0 Å². The fourth-order valence-electron chi connectivity index (χ4n) is 4.81. The molecular weight excluding hydrogens is 470 g/mol. The van der Waals surface area contributed by atoms with Crippen molar-refractivity contribution in [2.24, 2.45) is 5.92 Å². The molecule has 0 radical (unpaired) electrons. The standard InChI is InChI=1S/C25H28ClN5O2S/c1-33-18-5-7-21-19(10-18)25(20(26)13-28-21)24(32)15-31-8-2-3-17(14-31)12-27-11-16-4-6-22-23(9-16)30-34-29-22/h4-7,9-10,13,17,24,27,32H,2-3,8,11-12,14-15H2,1H3. The van der Waals surface area contributed by atoms with Crippen molar-refractivity contribution in [3.05, 3.63) is 58.7 Å². The lowest BCUT2D eigenvalue weighted by molar-refractivity contribution is 0.0849. The van der Waals surface area contributed by atoms with Crippen LogP contribution in [0, 0.1) is 5.92 Å². The number of aliphatic hydroxyl groups excluding tert-OH is 1. The Hall–Kier alpha value is -2.36. The summed E-state index contributed by atoms with van der Waals surface area (Å²) in [5.74, 6) is 1.26. The minimum atomic E-state index is -0.699. The van der Waals surface area contributed by atoms with Gasteiger partial charge < -0.3 is 20.1 Å². The third-order valence-corrected chi connectivity index (χ3v) is 7.37. The first-order valence-corrected chi connectivity index (χ1v) is 12.7. The summed E-state index contributed by atoms with van der Waals surface area (Å²) in [7, 11) is 1.63. The number of nitrogens with one attached hydrogen (secondary N) is 1. The SMILES string of the molecule is COc1ccc2ncc(Cl)c(C(O)CN3CCCC(CNCc4ccc5nsnc5c4)C3)c2c1. The van der Waals surface area contributed by atoms with Gasteiger partial charge in [0.2, 0.25) is 0 Å². The molecule has 2 N–H and O–H groups in total. The third-order valence-electron chi connectivity index (χ3n) is 6.52. The second-order valence-corrected chi connectivity index (χ2v) is 9.84. The molecule has 0 amide bonds. The van der Waals surface area contributed by atoms with Gasteiger partial charge in [-0.25, -0.2) is 0 Å². The largest absolute Gasteiger partial charge is 0.497 e. The smallest absolute Gasteiger partial charge is 0.119 e. The Bertz CT molecular complexity index is 1280. The number of hydrogen-bond acceptors (Lipinski definition) is 8. The van der Waals surface area contributed by atoms with Gasteiger partial charge in [-0.2, -0.15) is 8.75 Å². The van der Waals surface area contributed by atoms with E-state index in [1.54, 1.807) is 13.3 Å². The number of pyridine rings is 1. The number of piperidine rings is 1. The maximum absolute atomic E-state index is 11.2. The van der Waals surface area contributed by atoms with E-state index in [1.807, 2.05) is 24.3 Å². The molecule has 7 nitrogen and oxygen atoms in total. The van der Waals surface area contributed by atoms with Crippen molar-refractivity contribution in [2.45, 2.75) is 25.5 Å². The highest BCUT2D eigenvalue weighted by atomic mass is 35.5. The molecule has 34 heavy (non-hydrogen) atoms. The van der Waals surface area contributed by atoms with E-state index in [-0.39, 0.29) is 0 Å². The van der Waals surface area contributed by atoms with Crippen molar-refractivity contribution in [1.82, 2.24) is 23.9 Å². The zero-order chi connectivity index (χ0) is 23.5. The first-order valence-electron chi connectivity index (χ1n) is 11.5. The van der Waals surface area contributed by atoms with Gasteiger partial charge in [-0.05, 0) is 67.7 Å². The zero-order valence-electron chi connectivity index (χ0n) is 19.1. The van der Waals surface area contributed by atoms with Gasteiger partial charge in [0, 0.05) is 36.8 Å². The van der Waals surface area contributed by atoms with E-state index in [1.165, 1.54) is 23.7 Å². The molecule has 0 bridgehead atoms. The molecular formula is C25H28ClN5O2S. The number of ether oxygens (including phenoxy) is 1. The van der Waals surface area contributed by atoms with Crippen molar-refractivity contribution in [2.75, 3.05) is 33.3 Å². The Morgan fingerprint density at radius 1 is 1.21 bits per heavy atom. The van der Waals surface area contributed by atoms with E-state index in [9.17, 15) is 5.11 Å². The molecule has 2 atom stereocenters. The molecule has 0 aliphatic carbocycles. The topological polar surface area (TPSA) is 83.4 Å². The van der Waals surface area contributed by atoms with Gasteiger partial charge in [-0.3, -0.25) is 4.98 Å². The predicted molar refractivity (Wildman–Crippen MR) is 137 cm³/mol. The average Bonchev–Trinajstić information content (AvgIpc) is 3.32. The zero-order valence-corrected chi connectivity index (χ0v) is 20.6. The van der Waals surface area contributed by atoms with Crippen LogP contribution in [0.4, 0.5) is 0 Å². The van der Waals surface area contributed by atoms with E-state index in [0.29, 0.717) is 17.5 Å². The highest BCUT2D eigenvalue weighted by Gasteiger charge is 2.24. The number of halogens is 1. The molecule has 178 valence electrons. The van der Waals surface area contributed by atoms with Crippen molar-refractivity contribution < 1.29 is 9.84 Å². The Morgan fingerprint density at radius 3 is 2.94 bits per heavy atom. The Balaban J connectivity index is 1.20. The van der Waals surface area contributed by atoms with Gasteiger partial charge in [0.25, 0.3) is 0 Å². The van der Waals surface area contributed by atoms with E-state index in [2.05, 4.69) is 36.1 Å². The number of methoxy groups -OCH3 is 1. The van der Waals surface area contributed by atoms with Crippen LogP contribution in [0.15, 0.2) is 42.6 Å². The number of benzene rings is 2. The van der Waals surface area contributed by atoms with Crippen LogP contribution in [-0.2, 0) is 6.54 Å². The van der Waals surface area contributed by atoms with Gasteiger partial charge in [0.15, 0.2) is 0 Å². The summed E-state index contributed by atoms with van der Waals surface area (Å²) in [5, 5.41) is 16.1. The Kier molecular flexibility index (Phi) is 7.22. The molecule has 0 spiro atoms. The molecule has 2 unspecified atom stereocenters. The molecule has 3 heterocycles. The molecule has 1 saturated heterocycles. The summed E-state index contributed by atoms with van der Waals surface area (Å²) >= 11 is 7.75. The monoisotopic (exact) mass is 497 g/mol. The summed E-state index contributed by atoms with van der Waals surface area (Å²) in [4.78, 5) is 6.75. The van der Waals surface area contributed by atoms with Gasteiger partial charge in [-0.15, -0.1) is 0 Å². The first-order chi connectivity index (χ1) is 16.6. The lowest BCUT2D eigenvalue weighted by atomic mass is 9.96. The lowest BCUT2D eigenvalue weighted by Gasteiger charge is -2.34. The van der Waals surface area contributed by atoms with Gasteiger partial charge >= 0.3 is 0 Å². The summed E-state index contributed by atoms with van der Waals surface area (Å²) < 4.78 is 14.0. The predicted octanol–water partition coefficient (Wildman–Crippen LogP) is 4.44. The van der Waals surface area contributed by atoms with Crippen LogP contribution in [0.5, 0.6) is 5.75 Å². The minimum absolute atomic E-state index is 0.482. The molecule has 4 aromatic rings. The van der Waals surface area contributed by atoms with Crippen LogP contribution in [0.2, 0.25) is 5.02 Å². The Morgan fingerprint density at radius 2 is 2.06 bits per heavy atom. The van der Waals surface area contributed by atoms with Crippen molar-refractivity contribution in [1.29, 1.82) is 0 Å². The molecule has 9 heteroatoms. The summed E-state index contributed by atoms with van der Waals surface area (Å²) in [6.45, 7) is 4.22. The lowest BCUT2D eigenvalue weighted by Crippen LogP contribution is -2.41. The van der Waals surface area contributed by atoms with Crippen molar-refractivity contribution in [3.63, 3.8) is 0 Å². The van der Waals surface area contributed by atoms with Crippen molar-refractivity contribution in [3.8, 4) is 5.75 Å². The average molecular weight is 498 g/mol. The number of fused-ring (bicyclic) bond motifs is 2. The second-order valence-electron chi connectivity index (χ2n) is 8.90. The maximum atomic E-state index is 11.2. The van der Waals surface area contributed by atoms with E-state index in [0.717, 1.165) is 65.8 Å². The minimum Gasteiger partial charge on any atom is -0.497 e. The second kappa shape index (κ2) is 10.5. The molecule has 1 aliphatic heterocycles. The van der Waals surface area contributed by atoms with Crippen LogP contribution in [0.25, 0.3) is 21.9 Å². The number of hydrogen-bond donors (Lipinski definition) is 2. The van der Waals surface area contributed by atoms with E-state index >= 15 is 0 Å². The van der Waals surface area contributed by atoms with Gasteiger partial charge in [0.05, 0.1) is 35.5 Å². The number of rotatable bonds is 8. The van der Waals surface area contributed by atoms with Crippen LogP contribution in [0.1, 0.15) is 30.1 Å². The fourth-order valence-corrected chi connectivity index (χ4v) is 5.61. The maximum Gasteiger partial charge on any atom is 0.119 e. The number of aliphatic hydroxyl groups is 1. The van der Waals surface area contributed by atoms with Gasteiger partial charge in [-0.1, -0.05) is 17.7 Å². The van der Waals surface area contributed by atoms with E-state index in [4.69, 9.17) is 16.3 Å². The highest BCUT2D eigenvalue weighted by Crippen LogP contribution is 2.33. The Labute approximate surface area is 208 Å². The molecule has 1 aliphatic rings. The molecule has 0 saturated carbocycles. The van der Waals surface area contributed by atoms with Crippen LogP contribution >= 0.6 is 23.3 Å². The first kappa shape index (κ1) is 23.4. The van der Waals surface area contributed by atoms with Crippen LogP contribution in [-0.4, -0.2) is 57.0 Å². The number of nitrogens with zero attached hydrogens (tertiary/aromatic N) is 4. The molecule has 2 aromatic heterocycles. The quantitative estimate of drug-likeness (QED) is 0.372. The van der Waals surface area contributed by atoms with Crippen LogP contribution < -0.4 is 10.1 Å². The molecule has 1 fully saturated rings. The van der Waals surface area contributed by atoms with Crippen molar-refractivity contribution >= 4 is 45.3 Å². The van der Waals surface area contributed by atoms with E-state index < -0.39 is 6.10 Å². The highest BCUT2D eigenvalue weighted by molar-refractivity contribution is 7.00. The summed E-state index contributed by atoms with van der Waals surface area (Å²) in [6, 6.07) is 11.9. The fraction of sp³-hybridized carbons (Fsp3) is 0.400. The number of β-amino-alcohol motifs (C(OH)–C–C–N with tert-alkyl or cyclic N) is 1. The van der Waals surface area contributed by atoms with Gasteiger partial charge in [0.1, 0.15) is 16.8 Å².